The number of carbonyl (C=O) groups is 2. The van der Waals surface area contributed by atoms with E-state index < -0.39 is 12.1 Å². The van der Waals surface area contributed by atoms with E-state index in [1.54, 1.807) is 0 Å². The van der Waals surface area contributed by atoms with Gasteiger partial charge in [-0.25, -0.2) is 0 Å². The third-order valence-electron chi connectivity index (χ3n) is 14.6. The van der Waals surface area contributed by atoms with Crippen LogP contribution < -0.4 is 5.32 Å². The molecule has 0 aliphatic rings. The molecule has 0 heterocycles. The topological polar surface area (TPSA) is 95.9 Å². The van der Waals surface area contributed by atoms with Gasteiger partial charge in [0, 0.05) is 12.8 Å². The largest absolute Gasteiger partial charge is 0.466 e. The molecule has 0 aromatic rings. The lowest BCUT2D eigenvalue weighted by Gasteiger charge is -2.22. The molecule has 6 nitrogen and oxygen atoms in total. The number of esters is 1. The van der Waals surface area contributed by atoms with Gasteiger partial charge in [-0.2, -0.15) is 0 Å². The quantitative estimate of drug-likeness (QED) is 0.0320. The van der Waals surface area contributed by atoms with Gasteiger partial charge in [0.05, 0.1) is 25.4 Å². The van der Waals surface area contributed by atoms with Crippen LogP contribution in [0.4, 0.5) is 0 Å². The average Bonchev–Trinajstić information content (AvgIpc) is 3.38. The first-order valence-electron chi connectivity index (χ1n) is 31.9. The molecule has 1 amide bonds. The molecule has 2 atom stereocenters. The third-order valence-corrected chi connectivity index (χ3v) is 14.6. The van der Waals surface area contributed by atoms with E-state index >= 15 is 0 Å². The predicted octanol–water partition coefficient (Wildman–Crippen LogP) is 20.1. The fraction of sp³-hybridized carbons (Fsp3) is 0.848. The fourth-order valence-electron chi connectivity index (χ4n) is 9.70. The van der Waals surface area contributed by atoms with Crippen molar-refractivity contribution in [3.8, 4) is 0 Å². The first kappa shape index (κ1) is 69.8. The summed E-state index contributed by atoms with van der Waals surface area (Å²) in [5.74, 6) is -0.0684. The number of unbranched alkanes of at least 4 members (excludes halogenated alkanes) is 40. The van der Waals surface area contributed by atoms with Crippen LogP contribution in [0.15, 0.2) is 48.6 Å². The molecule has 0 radical (unpaired) electrons. The number of rotatable bonds is 59. The molecule has 0 rings (SSSR count). The van der Waals surface area contributed by atoms with Crippen molar-refractivity contribution in [2.75, 3.05) is 13.2 Å². The Morgan fingerprint density at radius 2 is 0.694 bits per heavy atom. The minimum absolute atomic E-state index is 0.0190. The minimum Gasteiger partial charge on any atom is -0.466 e. The molecule has 422 valence electrons. The maximum atomic E-state index is 12.5. The van der Waals surface area contributed by atoms with Crippen LogP contribution in [0.25, 0.3) is 0 Å². The fourth-order valence-corrected chi connectivity index (χ4v) is 9.70. The SMILES string of the molecule is CCCCC/C=C\C/C=C\CCCCCCCCCCCC(=O)OCCCCC/C=C\C/C=C\CCCCCCCCCC(=O)NC(CO)C(O)CCCCCCCCCCCCCCCCCCCCC. The van der Waals surface area contributed by atoms with E-state index in [1.165, 1.54) is 212 Å². The summed E-state index contributed by atoms with van der Waals surface area (Å²) < 4.78 is 5.47. The Labute approximate surface area is 448 Å². The van der Waals surface area contributed by atoms with E-state index in [4.69, 9.17) is 4.74 Å². The van der Waals surface area contributed by atoms with Crippen LogP contribution in [0.5, 0.6) is 0 Å². The first-order chi connectivity index (χ1) is 35.5. The molecule has 0 aliphatic heterocycles. The molecule has 0 aliphatic carbocycles. The normalized spacial score (nSPS) is 12.9. The van der Waals surface area contributed by atoms with Crippen molar-refractivity contribution in [1.29, 1.82) is 0 Å². The second kappa shape index (κ2) is 61.4. The summed E-state index contributed by atoms with van der Waals surface area (Å²) in [5, 5.41) is 23.3. The van der Waals surface area contributed by atoms with Gasteiger partial charge in [0.1, 0.15) is 0 Å². The smallest absolute Gasteiger partial charge is 0.305 e. The predicted molar refractivity (Wildman–Crippen MR) is 315 cm³/mol. The highest BCUT2D eigenvalue weighted by Gasteiger charge is 2.20. The van der Waals surface area contributed by atoms with Gasteiger partial charge in [-0.1, -0.05) is 274 Å². The maximum absolute atomic E-state index is 12.5. The zero-order valence-corrected chi connectivity index (χ0v) is 48.2. The van der Waals surface area contributed by atoms with Gasteiger partial charge >= 0.3 is 5.97 Å². The molecule has 3 N–H and O–H groups in total. The minimum atomic E-state index is -0.677. The summed E-state index contributed by atoms with van der Waals surface area (Å²) in [4.78, 5) is 24.6. The van der Waals surface area contributed by atoms with Gasteiger partial charge in [0.15, 0.2) is 0 Å². The Hall–Kier alpha value is -2.18. The number of hydrogen-bond donors (Lipinski definition) is 3. The Morgan fingerprint density at radius 1 is 0.389 bits per heavy atom. The van der Waals surface area contributed by atoms with Crippen molar-refractivity contribution in [2.45, 2.75) is 347 Å². The van der Waals surface area contributed by atoms with Crippen LogP contribution in [0.3, 0.4) is 0 Å². The molecule has 0 saturated carbocycles. The zero-order chi connectivity index (χ0) is 52.2. The Kier molecular flexibility index (Phi) is 59.5. The molecule has 0 bridgehead atoms. The third kappa shape index (κ3) is 57.1. The summed E-state index contributed by atoms with van der Waals surface area (Å²) in [5.41, 5.74) is 0. The lowest BCUT2D eigenvalue weighted by molar-refractivity contribution is -0.143. The molecule has 2 unspecified atom stereocenters. The molecule has 0 aromatic carbocycles. The number of aliphatic hydroxyl groups is 2. The van der Waals surface area contributed by atoms with Gasteiger partial charge in [-0.15, -0.1) is 0 Å². The van der Waals surface area contributed by atoms with Crippen LogP contribution in [0.2, 0.25) is 0 Å². The van der Waals surface area contributed by atoms with E-state index in [2.05, 4.69) is 67.8 Å². The number of aliphatic hydroxyl groups excluding tert-OH is 2. The van der Waals surface area contributed by atoms with Crippen LogP contribution in [-0.4, -0.2) is 47.4 Å². The number of carbonyl (C=O) groups excluding carboxylic acids is 2. The van der Waals surface area contributed by atoms with Gasteiger partial charge in [-0.3, -0.25) is 9.59 Å². The number of hydrogen-bond acceptors (Lipinski definition) is 5. The Morgan fingerprint density at radius 3 is 1.08 bits per heavy atom. The van der Waals surface area contributed by atoms with Crippen molar-refractivity contribution >= 4 is 11.9 Å². The lowest BCUT2D eigenvalue weighted by atomic mass is 10.0. The molecule has 0 fully saturated rings. The highest BCUT2D eigenvalue weighted by atomic mass is 16.5. The standard InChI is InChI=1S/C66H123NO5/c1-3-5-7-9-11-13-15-17-19-21-23-26-30-34-38-42-46-50-54-58-64(69)63(62-68)67-65(70)59-55-51-47-43-39-35-31-27-25-29-33-37-41-45-49-53-57-61-72-66(71)60-56-52-48-44-40-36-32-28-24-22-20-18-16-14-12-10-8-6-4-2/h12,14,18,20,25,29,37,41,63-64,68-69H,3-11,13,15-17,19,21-24,26-28,30-36,38-40,42-62H2,1-2H3,(H,67,70)/b14-12-,20-18-,29-25-,41-37-. The highest BCUT2D eigenvalue weighted by molar-refractivity contribution is 5.76. The van der Waals surface area contributed by atoms with Crippen LogP contribution in [0.1, 0.15) is 335 Å². The van der Waals surface area contributed by atoms with Crippen molar-refractivity contribution in [1.82, 2.24) is 5.32 Å². The molecule has 6 heteroatoms. The van der Waals surface area contributed by atoms with Crippen LogP contribution >= 0.6 is 0 Å². The van der Waals surface area contributed by atoms with Crippen molar-refractivity contribution in [2.24, 2.45) is 0 Å². The lowest BCUT2D eigenvalue weighted by Crippen LogP contribution is -2.45. The number of nitrogens with one attached hydrogen (secondary N) is 1. The summed E-state index contributed by atoms with van der Waals surface area (Å²) in [6.45, 7) is 4.90. The zero-order valence-electron chi connectivity index (χ0n) is 48.2. The molecule has 0 aromatic heterocycles. The maximum Gasteiger partial charge on any atom is 0.305 e. The van der Waals surface area contributed by atoms with Gasteiger partial charge < -0.3 is 20.3 Å². The second-order valence-corrected chi connectivity index (χ2v) is 21.7. The van der Waals surface area contributed by atoms with Gasteiger partial charge in [0.2, 0.25) is 5.91 Å². The number of allylic oxidation sites excluding steroid dienone is 8. The average molecular weight is 1010 g/mol. The van der Waals surface area contributed by atoms with E-state index in [-0.39, 0.29) is 18.5 Å². The summed E-state index contributed by atoms with van der Waals surface area (Å²) >= 11 is 0. The molecule has 0 saturated heterocycles. The molecular formula is C66H123NO5. The van der Waals surface area contributed by atoms with E-state index in [0.717, 1.165) is 89.9 Å². The van der Waals surface area contributed by atoms with Crippen molar-refractivity contribution in [3.63, 3.8) is 0 Å². The second-order valence-electron chi connectivity index (χ2n) is 21.7. The van der Waals surface area contributed by atoms with Gasteiger partial charge in [0.25, 0.3) is 0 Å². The summed E-state index contributed by atoms with van der Waals surface area (Å²) in [7, 11) is 0. The van der Waals surface area contributed by atoms with E-state index in [1.807, 2.05) is 0 Å². The Balaban J connectivity index is 3.49. The van der Waals surface area contributed by atoms with E-state index in [0.29, 0.717) is 25.9 Å². The number of ether oxygens (including phenoxy) is 1. The first-order valence-corrected chi connectivity index (χ1v) is 31.9. The molecule has 0 spiro atoms. The molecular weight excluding hydrogens is 887 g/mol. The highest BCUT2D eigenvalue weighted by Crippen LogP contribution is 2.17. The monoisotopic (exact) mass is 1010 g/mol. The Bertz CT molecular complexity index is 1210. The summed E-state index contributed by atoms with van der Waals surface area (Å²) in [6, 6.07) is -0.556. The molecule has 72 heavy (non-hydrogen) atoms. The van der Waals surface area contributed by atoms with Crippen LogP contribution in [0, 0.1) is 0 Å². The van der Waals surface area contributed by atoms with Gasteiger partial charge in [-0.05, 0) is 96.3 Å². The van der Waals surface area contributed by atoms with Crippen molar-refractivity contribution in [3.05, 3.63) is 48.6 Å². The van der Waals surface area contributed by atoms with Crippen molar-refractivity contribution < 1.29 is 24.5 Å². The van der Waals surface area contributed by atoms with E-state index in [9.17, 15) is 19.8 Å². The number of amides is 1. The summed E-state index contributed by atoms with van der Waals surface area (Å²) in [6.07, 6.45) is 78.3. The van der Waals surface area contributed by atoms with Crippen LogP contribution in [-0.2, 0) is 14.3 Å².